The van der Waals surface area contributed by atoms with Gasteiger partial charge < -0.3 is 19.7 Å². The fourth-order valence-electron chi connectivity index (χ4n) is 5.04. The van der Waals surface area contributed by atoms with Crippen molar-refractivity contribution in [2.24, 2.45) is 0 Å². The quantitative estimate of drug-likeness (QED) is 0.539. The van der Waals surface area contributed by atoms with Crippen LogP contribution in [0.4, 0.5) is 0 Å². The van der Waals surface area contributed by atoms with E-state index in [1.807, 2.05) is 0 Å². The van der Waals surface area contributed by atoms with Crippen molar-refractivity contribution >= 4 is 11.5 Å². The van der Waals surface area contributed by atoms with Crippen LogP contribution in [0.15, 0.2) is 43.4 Å². The third-order valence-corrected chi connectivity index (χ3v) is 6.40. The largest absolute Gasteiger partial charge is 0.510 e. The van der Waals surface area contributed by atoms with Gasteiger partial charge in [0.2, 0.25) is 16.3 Å². The van der Waals surface area contributed by atoms with E-state index in [1.165, 1.54) is 7.11 Å². The molecule has 1 spiro atoms. The van der Waals surface area contributed by atoms with E-state index in [9.17, 15) is 29.4 Å². The summed E-state index contributed by atoms with van der Waals surface area (Å²) in [6.07, 6.45) is 0.631. The average molecular weight is 420 g/mol. The van der Waals surface area contributed by atoms with Gasteiger partial charge >= 0.3 is 0 Å². The molecule has 2 N–H and O–H groups in total. The zero-order valence-electron chi connectivity index (χ0n) is 16.6. The minimum Gasteiger partial charge on any atom is -0.510 e. The van der Waals surface area contributed by atoms with Gasteiger partial charge in [-0.05, 0) is 24.5 Å². The molecule has 4 aliphatic rings. The van der Waals surface area contributed by atoms with Gasteiger partial charge in [-0.3, -0.25) is 19.2 Å². The number of rotatable bonds is 2. The molecule has 31 heavy (non-hydrogen) atoms. The first-order chi connectivity index (χ1) is 14.8. The topological polar surface area (TPSA) is 127 Å². The zero-order chi connectivity index (χ0) is 22.2. The lowest BCUT2D eigenvalue weighted by Gasteiger charge is -2.27. The first-order valence-corrected chi connectivity index (χ1v) is 9.52. The zero-order valence-corrected chi connectivity index (χ0v) is 16.6. The molecule has 156 valence electrons. The molecule has 0 bridgehead atoms. The van der Waals surface area contributed by atoms with Crippen molar-refractivity contribution in [3.05, 3.63) is 97.2 Å². The number of ether oxygens (including phenoxy) is 2. The van der Waals surface area contributed by atoms with Crippen LogP contribution in [0.1, 0.15) is 17.5 Å². The van der Waals surface area contributed by atoms with Crippen molar-refractivity contribution in [2.75, 3.05) is 14.2 Å². The normalized spacial score (nSPS) is 19.2. The van der Waals surface area contributed by atoms with E-state index in [0.29, 0.717) is 17.7 Å². The van der Waals surface area contributed by atoms with Crippen LogP contribution in [-0.4, -0.2) is 24.4 Å². The van der Waals surface area contributed by atoms with Crippen LogP contribution < -0.4 is 41.6 Å². The van der Waals surface area contributed by atoms with Gasteiger partial charge in [0.1, 0.15) is 22.7 Å². The molecule has 8 heteroatoms. The third kappa shape index (κ3) is 2.04. The predicted octanol–water partition coefficient (Wildman–Crippen LogP) is -1.02. The lowest BCUT2D eigenvalue weighted by Crippen LogP contribution is -2.51. The van der Waals surface area contributed by atoms with Gasteiger partial charge in [-0.1, -0.05) is 12.1 Å². The molecule has 0 heterocycles. The highest BCUT2D eigenvalue weighted by Crippen LogP contribution is 2.52. The van der Waals surface area contributed by atoms with E-state index < -0.39 is 59.5 Å². The lowest BCUT2D eigenvalue weighted by molar-refractivity contribution is 0.355. The van der Waals surface area contributed by atoms with Crippen molar-refractivity contribution in [3.8, 4) is 11.5 Å². The number of benzene rings is 1. The second-order valence-electron chi connectivity index (χ2n) is 7.66. The van der Waals surface area contributed by atoms with Crippen LogP contribution >= 0.6 is 0 Å². The summed E-state index contributed by atoms with van der Waals surface area (Å²) in [6.45, 7) is 0. The van der Waals surface area contributed by atoms with Crippen LogP contribution in [0.3, 0.4) is 0 Å². The first kappa shape index (κ1) is 19.0. The highest BCUT2D eigenvalue weighted by Gasteiger charge is 2.52. The van der Waals surface area contributed by atoms with Gasteiger partial charge in [0.25, 0.3) is 0 Å². The molecule has 0 amide bonds. The maximum Gasteiger partial charge on any atom is 0.232 e. The summed E-state index contributed by atoms with van der Waals surface area (Å²) < 4.78 is 10.3. The highest BCUT2D eigenvalue weighted by molar-refractivity contribution is 5.81. The first-order valence-electron chi connectivity index (χ1n) is 9.52. The minimum atomic E-state index is -1.56. The van der Waals surface area contributed by atoms with Crippen molar-refractivity contribution in [1.82, 2.24) is 0 Å². The second-order valence-corrected chi connectivity index (χ2v) is 7.66. The average Bonchev–Trinajstić information content (AvgIpc) is 3.26. The molecular formula is C23H16O8. The summed E-state index contributed by atoms with van der Waals surface area (Å²) in [5, 5.41) is 20.3. The smallest absolute Gasteiger partial charge is 0.232 e. The summed E-state index contributed by atoms with van der Waals surface area (Å²) in [7, 11) is 2.60. The van der Waals surface area contributed by atoms with Crippen LogP contribution in [0, 0.1) is 10.4 Å². The van der Waals surface area contributed by atoms with Crippen molar-refractivity contribution < 1.29 is 19.7 Å². The van der Waals surface area contributed by atoms with Gasteiger partial charge in [-0.15, -0.1) is 0 Å². The van der Waals surface area contributed by atoms with E-state index in [1.54, 1.807) is 18.2 Å². The van der Waals surface area contributed by atoms with Crippen LogP contribution in [0.5, 0.6) is 11.5 Å². The Bertz CT molecular complexity index is 1710. The standard InChI is InChI=1S/C23H16O8/c1-30-11-5-3-4-9-6-7-23(17(9)11)21(28)15-16(22(23)29)20(27)14-13(19(15)26)10(24)8-12(31-2)18(14)25/h3-5,8,28-29H,6-7H2,1-2H3/t23-/m1/s1. The Balaban J connectivity index is 2.10. The van der Waals surface area contributed by atoms with Gasteiger partial charge in [-0.25, -0.2) is 0 Å². The number of hydrogen-bond acceptors (Lipinski definition) is 8. The molecular weight excluding hydrogens is 404 g/mol. The van der Waals surface area contributed by atoms with Gasteiger partial charge in [0, 0.05) is 11.6 Å². The van der Waals surface area contributed by atoms with Crippen LogP contribution in [0.2, 0.25) is 0 Å². The Morgan fingerprint density at radius 1 is 0.806 bits per heavy atom. The number of methoxy groups -OCH3 is 2. The fraction of sp³-hybridized carbons (Fsp3) is 0.217. The van der Waals surface area contributed by atoms with E-state index >= 15 is 0 Å². The molecule has 5 rings (SSSR count). The molecule has 0 saturated heterocycles. The maximum absolute atomic E-state index is 13.3. The molecule has 0 aromatic heterocycles. The number of aliphatic hydroxyl groups is 2. The molecule has 0 fully saturated rings. The van der Waals surface area contributed by atoms with E-state index in [0.717, 1.165) is 18.7 Å². The Morgan fingerprint density at radius 2 is 1.42 bits per heavy atom. The van der Waals surface area contributed by atoms with Crippen LogP contribution in [0.25, 0.3) is 11.5 Å². The molecule has 0 radical (unpaired) electrons. The summed E-state index contributed by atoms with van der Waals surface area (Å²) in [6, 6.07) is 6.06. The molecule has 1 atom stereocenters. The molecule has 0 aliphatic heterocycles. The molecule has 1 aromatic carbocycles. The van der Waals surface area contributed by atoms with Gasteiger partial charge in [0.15, 0.2) is 11.2 Å². The molecule has 1 aromatic rings. The maximum atomic E-state index is 13.3. The van der Waals surface area contributed by atoms with E-state index in [4.69, 9.17) is 9.47 Å². The van der Waals surface area contributed by atoms with E-state index in [-0.39, 0.29) is 12.2 Å². The SMILES string of the molecule is COc1cccc2c1[C@]1(CC2)C(O)=c2c(=O)c3c(=O)cc(OC)c(=O)c=3c(=O)c2=C1O. The Labute approximate surface area is 172 Å². The monoisotopic (exact) mass is 420 g/mol. The number of fused-ring (bicyclic) bond motifs is 3. The molecule has 8 nitrogen and oxygen atoms in total. The Kier molecular flexibility index (Phi) is 3.71. The Hall–Kier alpha value is -3.94. The number of aliphatic hydroxyl groups excluding tert-OH is 2. The predicted molar refractivity (Wildman–Crippen MR) is 110 cm³/mol. The van der Waals surface area contributed by atoms with E-state index in [2.05, 4.69) is 0 Å². The van der Waals surface area contributed by atoms with Gasteiger partial charge in [-0.2, -0.15) is 0 Å². The van der Waals surface area contributed by atoms with Gasteiger partial charge in [0.05, 0.1) is 35.1 Å². The van der Waals surface area contributed by atoms with Crippen molar-refractivity contribution in [1.29, 1.82) is 0 Å². The molecule has 0 saturated carbocycles. The summed E-state index contributed by atoms with van der Waals surface area (Å²) in [5.41, 5.74) is -4.07. The van der Waals surface area contributed by atoms with Crippen LogP contribution in [-0.2, 0) is 11.8 Å². The summed E-state index contributed by atoms with van der Waals surface area (Å²) in [4.78, 5) is 51.8. The fourth-order valence-corrected chi connectivity index (χ4v) is 5.04. The second kappa shape index (κ2) is 6.04. The molecule has 0 unspecified atom stereocenters. The third-order valence-electron chi connectivity index (χ3n) is 6.40. The summed E-state index contributed by atoms with van der Waals surface area (Å²) in [5.74, 6) is -1.04. The number of hydrogen-bond donors (Lipinski definition) is 2. The Morgan fingerprint density at radius 3 is 2.03 bits per heavy atom. The lowest BCUT2D eigenvalue weighted by atomic mass is 9.79. The number of aryl methyl sites for hydroxylation is 1. The molecule has 4 aliphatic carbocycles. The van der Waals surface area contributed by atoms with Crippen molar-refractivity contribution in [2.45, 2.75) is 18.3 Å². The summed E-state index contributed by atoms with van der Waals surface area (Å²) >= 11 is 0. The minimum absolute atomic E-state index is 0.183. The van der Waals surface area contributed by atoms with Crippen molar-refractivity contribution in [3.63, 3.8) is 0 Å². The highest BCUT2D eigenvalue weighted by atomic mass is 16.5.